The third-order valence-electron chi connectivity index (χ3n) is 2.78. The summed E-state index contributed by atoms with van der Waals surface area (Å²) in [6, 6.07) is 6.27. The molecule has 0 aliphatic rings. The van der Waals surface area contributed by atoms with Crippen molar-refractivity contribution < 1.29 is 9.18 Å². The van der Waals surface area contributed by atoms with Crippen LogP contribution in [0.1, 0.15) is 19.4 Å². The van der Waals surface area contributed by atoms with Crippen LogP contribution in [0.3, 0.4) is 0 Å². The third-order valence-corrected chi connectivity index (χ3v) is 3.79. The second kappa shape index (κ2) is 8.17. The Bertz CT molecular complexity index is 412. The van der Waals surface area contributed by atoms with Gasteiger partial charge in [-0.1, -0.05) is 32.0 Å². The molecular weight excluding hydrogens is 263 g/mol. The van der Waals surface area contributed by atoms with Crippen LogP contribution in [0, 0.1) is 11.7 Å². The van der Waals surface area contributed by atoms with Gasteiger partial charge in [0.15, 0.2) is 0 Å². The number of halogens is 1. The molecule has 5 heteroatoms. The number of hydrogen-bond acceptors (Lipinski definition) is 3. The van der Waals surface area contributed by atoms with Gasteiger partial charge in [0.1, 0.15) is 5.82 Å². The molecule has 0 fully saturated rings. The number of thioether (sulfide) groups is 1. The number of amides is 1. The SMILES string of the molecule is CC(C)[C@H](N)C(=O)NCCSCc1ccccc1F. The predicted molar refractivity (Wildman–Crippen MR) is 78.4 cm³/mol. The Balaban J connectivity index is 2.18. The second-order valence-corrected chi connectivity index (χ2v) is 5.81. The van der Waals surface area contributed by atoms with Gasteiger partial charge in [-0.3, -0.25) is 4.79 Å². The highest BCUT2D eigenvalue weighted by molar-refractivity contribution is 7.98. The van der Waals surface area contributed by atoms with Crippen LogP contribution in [0.5, 0.6) is 0 Å². The molecule has 1 aromatic rings. The molecule has 0 spiro atoms. The van der Waals surface area contributed by atoms with E-state index in [1.54, 1.807) is 23.9 Å². The Morgan fingerprint density at radius 3 is 2.74 bits per heavy atom. The summed E-state index contributed by atoms with van der Waals surface area (Å²) in [6.45, 7) is 4.38. The molecule has 1 rings (SSSR count). The molecule has 0 aromatic heterocycles. The lowest BCUT2D eigenvalue weighted by Gasteiger charge is -2.15. The highest BCUT2D eigenvalue weighted by Gasteiger charge is 2.16. The molecule has 3 nitrogen and oxygen atoms in total. The fraction of sp³-hybridized carbons (Fsp3) is 0.500. The van der Waals surface area contributed by atoms with E-state index >= 15 is 0 Å². The van der Waals surface area contributed by atoms with Gasteiger partial charge in [0.2, 0.25) is 5.91 Å². The highest BCUT2D eigenvalue weighted by Crippen LogP contribution is 2.14. The maximum absolute atomic E-state index is 13.3. The van der Waals surface area contributed by atoms with E-state index in [1.165, 1.54) is 6.07 Å². The number of rotatable bonds is 7. The lowest BCUT2D eigenvalue weighted by atomic mass is 10.1. The van der Waals surface area contributed by atoms with Crippen LogP contribution in [0.2, 0.25) is 0 Å². The zero-order chi connectivity index (χ0) is 14.3. The average molecular weight is 284 g/mol. The maximum Gasteiger partial charge on any atom is 0.237 e. The minimum atomic E-state index is -0.462. The van der Waals surface area contributed by atoms with Crippen molar-refractivity contribution in [1.82, 2.24) is 5.32 Å². The summed E-state index contributed by atoms with van der Waals surface area (Å²) < 4.78 is 13.3. The molecule has 0 aliphatic heterocycles. The standard InChI is InChI=1S/C14H21FN2OS/c1-10(2)13(16)14(18)17-7-8-19-9-11-5-3-4-6-12(11)15/h3-6,10,13H,7-9,16H2,1-2H3,(H,17,18)/t13-/m0/s1. The van der Waals surface area contributed by atoms with Crippen molar-refractivity contribution in [3.8, 4) is 0 Å². The topological polar surface area (TPSA) is 55.1 Å². The average Bonchev–Trinajstić information content (AvgIpc) is 2.39. The molecule has 0 aliphatic carbocycles. The van der Waals surface area contributed by atoms with Crippen LogP contribution >= 0.6 is 11.8 Å². The van der Waals surface area contributed by atoms with Gasteiger partial charge in [0.05, 0.1) is 6.04 Å². The molecule has 0 saturated heterocycles. The van der Waals surface area contributed by atoms with E-state index in [1.807, 2.05) is 19.9 Å². The quantitative estimate of drug-likeness (QED) is 0.754. The molecular formula is C14H21FN2OS. The van der Waals surface area contributed by atoms with E-state index in [9.17, 15) is 9.18 Å². The number of carbonyl (C=O) groups is 1. The van der Waals surface area contributed by atoms with Gasteiger partial charge < -0.3 is 11.1 Å². The molecule has 1 atom stereocenters. The molecule has 106 valence electrons. The van der Waals surface area contributed by atoms with Crippen LogP contribution in [-0.4, -0.2) is 24.2 Å². The Labute approximate surface area is 118 Å². The number of nitrogens with one attached hydrogen (secondary N) is 1. The maximum atomic E-state index is 13.3. The molecule has 0 bridgehead atoms. The zero-order valence-electron chi connectivity index (χ0n) is 11.4. The van der Waals surface area contributed by atoms with E-state index in [0.29, 0.717) is 17.9 Å². The number of benzene rings is 1. The van der Waals surface area contributed by atoms with Crippen molar-refractivity contribution in [1.29, 1.82) is 0 Å². The Hall–Kier alpha value is -1.07. The van der Waals surface area contributed by atoms with E-state index in [2.05, 4.69) is 5.32 Å². The fourth-order valence-electron chi connectivity index (χ4n) is 1.46. The summed E-state index contributed by atoms with van der Waals surface area (Å²) >= 11 is 1.59. The van der Waals surface area contributed by atoms with Gasteiger partial charge in [-0.2, -0.15) is 11.8 Å². The lowest BCUT2D eigenvalue weighted by Crippen LogP contribution is -2.44. The molecule has 1 amide bonds. The normalized spacial score (nSPS) is 12.5. The number of hydrogen-bond donors (Lipinski definition) is 2. The third kappa shape index (κ3) is 5.61. The molecule has 19 heavy (non-hydrogen) atoms. The first-order valence-electron chi connectivity index (χ1n) is 6.36. The van der Waals surface area contributed by atoms with Crippen molar-refractivity contribution in [3.05, 3.63) is 35.6 Å². The first-order valence-corrected chi connectivity index (χ1v) is 7.52. The molecule has 0 saturated carbocycles. The Morgan fingerprint density at radius 2 is 2.11 bits per heavy atom. The minimum absolute atomic E-state index is 0.124. The zero-order valence-corrected chi connectivity index (χ0v) is 12.2. The fourth-order valence-corrected chi connectivity index (χ4v) is 2.31. The molecule has 0 heterocycles. The minimum Gasteiger partial charge on any atom is -0.354 e. The van der Waals surface area contributed by atoms with Crippen molar-refractivity contribution in [2.24, 2.45) is 11.7 Å². The summed E-state index contributed by atoms with van der Waals surface area (Å²) in [5, 5.41) is 2.79. The van der Waals surface area contributed by atoms with Gasteiger partial charge in [-0.05, 0) is 17.5 Å². The molecule has 3 N–H and O–H groups in total. The monoisotopic (exact) mass is 284 g/mol. The van der Waals surface area contributed by atoms with Gasteiger partial charge in [-0.25, -0.2) is 4.39 Å². The van der Waals surface area contributed by atoms with Crippen molar-refractivity contribution in [2.75, 3.05) is 12.3 Å². The largest absolute Gasteiger partial charge is 0.354 e. The Kier molecular flexibility index (Phi) is 6.87. The van der Waals surface area contributed by atoms with E-state index in [0.717, 1.165) is 5.75 Å². The summed E-state index contributed by atoms with van der Waals surface area (Å²) in [6.07, 6.45) is 0. The van der Waals surface area contributed by atoms with Crippen LogP contribution in [0.25, 0.3) is 0 Å². The lowest BCUT2D eigenvalue weighted by molar-refractivity contribution is -0.123. The van der Waals surface area contributed by atoms with Crippen molar-refractivity contribution in [3.63, 3.8) is 0 Å². The predicted octanol–water partition coefficient (Wildman–Crippen LogP) is 2.16. The van der Waals surface area contributed by atoms with Crippen molar-refractivity contribution in [2.45, 2.75) is 25.6 Å². The first-order chi connectivity index (χ1) is 9.02. The van der Waals surface area contributed by atoms with Crippen LogP contribution in [0.15, 0.2) is 24.3 Å². The smallest absolute Gasteiger partial charge is 0.237 e. The van der Waals surface area contributed by atoms with Crippen molar-refractivity contribution >= 4 is 17.7 Å². The number of carbonyl (C=O) groups excluding carboxylic acids is 1. The van der Waals surface area contributed by atoms with E-state index in [4.69, 9.17) is 5.73 Å². The van der Waals surface area contributed by atoms with Crippen LogP contribution < -0.4 is 11.1 Å². The highest BCUT2D eigenvalue weighted by atomic mass is 32.2. The van der Waals surface area contributed by atoms with Gasteiger partial charge in [0.25, 0.3) is 0 Å². The summed E-state index contributed by atoms with van der Waals surface area (Å²) in [5.41, 5.74) is 6.41. The number of nitrogens with two attached hydrogens (primary N) is 1. The van der Waals surface area contributed by atoms with Gasteiger partial charge in [0, 0.05) is 18.1 Å². The van der Waals surface area contributed by atoms with Crippen LogP contribution in [0.4, 0.5) is 4.39 Å². The Morgan fingerprint density at radius 1 is 1.42 bits per heavy atom. The summed E-state index contributed by atoms with van der Waals surface area (Å²) in [5.74, 6) is 1.18. The molecule has 1 aromatic carbocycles. The second-order valence-electron chi connectivity index (χ2n) is 4.70. The molecule has 0 radical (unpaired) electrons. The van der Waals surface area contributed by atoms with Gasteiger partial charge >= 0.3 is 0 Å². The first kappa shape index (κ1) is 16.0. The van der Waals surface area contributed by atoms with E-state index < -0.39 is 6.04 Å². The summed E-state index contributed by atoms with van der Waals surface area (Å²) in [4.78, 5) is 11.6. The van der Waals surface area contributed by atoms with E-state index in [-0.39, 0.29) is 17.6 Å². The molecule has 0 unspecified atom stereocenters. The van der Waals surface area contributed by atoms with Crippen LogP contribution in [-0.2, 0) is 10.5 Å². The summed E-state index contributed by atoms with van der Waals surface area (Å²) in [7, 11) is 0. The van der Waals surface area contributed by atoms with Gasteiger partial charge in [-0.15, -0.1) is 0 Å².